The predicted molar refractivity (Wildman–Crippen MR) is 93.0 cm³/mol. The van der Waals surface area contributed by atoms with Crippen LogP contribution in [0, 0.1) is 0 Å². The van der Waals surface area contributed by atoms with Gasteiger partial charge >= 0.3 is 12.6 Å². The van der Waals surface area contributed by atoms with E-state index in [9.17, 15) is 13.6 Å². The standard InChI is InChI=1S/C18H21F2N3O2/c1-23(2)12-16(13-6-4-3-5-7-13)22-18(24)21-14-8-10-15(11-9-14)25-17(19)20/h3-11,16-17H,12H2,1-2H3,(H2,21,22,24)/t16-/m1/s1. The Labute approximate surface area is 145 Å². The number of halogens is 2. The van der Waals surface area contributed by atoms with Crippen LogP contribution in [0.2, 0.25) is 0 Å². The summed E-state index contributed by atoms with van der Waals surface area (Å²) in [5.41, 5.74) is 1.47. The Morgan fingerprint density at radius 3 is 2.28 bits per heavy atom. The maximum atomic E-state index is 12.2. The van der Waals surface area contributed by atoms with E-state index in [4.69, 9.17) is 0 Å². The normalized spacial score (nSPS) is 12.1. The quantitative estimate of drug-likeness (QED) is 0.801. The fourth-order valence-corrected chi connectivity index (χ4v) is 2.33. The number of hydrogen-bond acceptors (Lipinski definition) is 3. The van der Waals surface area contributed by atoms with Gasteiger partial charge in [-0.2, -0.15) is 8.78 Å². The molecule has 2 aromatic carbocycles. The first-order valence-electron chi connectivity index (χ1n) is 7.76. The molecule has 0 unspecified atom stereocenters. The number of carbonyl (C=O) groups is 1. The van der Waals surface area contributed by atoms with Crippen LogP contribution < -0.4 is 15.4 Å². The van der Waals surface area contributed by atoms with Gasteiger partial charge in [0.1, 0.15) is 5.75 Å². The van der Waals surface area contributed by atoms with E-state index in [0.717, 1.165) is 5.56 Å². The van der Waals surface area contributed by atoms with Crippen LogP contribution in [0.25, 0.3) is 0 Å². The molecule has 0 saturated carbocycles. The smallest absolute Gasteiger partial charge is 0.387 e. The van der Waals surface area contributed by atoms with Crippen molar-refractivity contribution in [2.24, 2.45) is 0 Å². The fourth-order valence-electron chi connectivity index (χ4n) is 2.33. The van der Waals surface area contributed by atoms with Crippen LogP contribution in [0.1, 0.15) is 11.6 Å². The Hall–Kier alpha value is -2.67. The maximum Gasteiger partial charge on any atom is 0.387 e. The second kappa shape index (κ2) is 8.98. The van der Waals surface area contributed by atoms with Crippen molar-refractivity contribution < 1.29 is 18.3 Å². The first-order valence-corrected chi connectivity index (χ1v) is 7.76. The first-order chi connectivity index (χ1) is 11.9. The molecule has 5 nitrogen and oxygen atoms in total. The van der Waals surface area contributed by atoms with Crippen LogP contribution in [-0.4, -0.2) is 38.2 Å². The van der Waals surface area contributed by atoms with Gasteiger partial charge in [-0.25, -0.2) is 4.79 Å². The second-order valence-electron chi connectivity index (χ2n) is 5.73. The molecular formula is C18H21F2N3O2. The highest BCUT2D eigenvalue weighted by atomic mass is 19.3. The minimum Gasteiger partial charge on any atom is -0.435 e. The molecule has 0 bridgehead atoms. The summed E-state index contributed by atoms with van der Waals surface area (Å²) >= 11 is 0. The maximum absolute atomic E-state index is 12.2. The van der Waals surface area contributed by atoms with Gasteiger partial charge in [-0.15, -0.1) is 0 Å². The van der Waals surface area contributed by atoms with Gasteiger partial charge < -0.3 is 20.3 Å². The zero-order valence-corrected chi connectivity index (χ0v) is 14.1. The van der Waals surface area contributed by atoms with Crippen LogP contribution in [-0.2, 0) is 0 Å². The molecule has 0 fully saturated rings. The lowest BCUT2D eigenvalue weighted by Crippen LogP contribution is -2.37. The molecule has 0 aliphatic carbocycles. The van der Waals surface area contributed by atoms with Crippen molar-refractivity contribution in [1.29, 1.82) is 0 Å². The molecule has 0 aliphatic rings. The predicted octanol–water partition coefficient (Wildman–Crippen LogP) is 3.71. The van der Waals surface area contributed by atoms with Crippen molar-refractivity contribution >= 4 is 11.7 Å². The molecule has 2 rings (SSSR count). The molecule has 2 aromatic rings. The zero-order chi connectivity index (χ0) is 18.2. The molecule has 0 saturated heterocycles. The molecule has 2 amide bonds. The lowest BCUT2D eigenvalue weighted by molar-refractivity contribution is -0.0498. The van der Waals surface area contributed by atoms with Gasteiger partial charge in [0, 0.05) is 12.2 Å². The molecule has 0 radical (unpaired) electrons. The van der Waals surface area contributed by atoms with E-state index in [1.54, 1.807) is 0 Å². The van der Waals surface area contributed by atoms with Crippen molar-refractivity contribution in [2.75, 3.05) is 26.0 Å². The minimum atomic E-state index is -2.88. The lowest BCUT2D eigenvalue weighted by Gasteiger charge is -2.23. The third kappa shape index (κ3) is 6.39. The topological polar surface area (TPSA) is 53.6 Å². The fraction of sp³-hybridized carbons (Fsp3) is 0.278. The van der Waals surface area contributed by atoms with Crippen LogP contribution >= 0.6 is 0 Å². The summed E-state index contributed by atoms with van der Waals surface area (Å²) in [5.74, 6) is 0.0377. The summed E-state index contributed by atoms with van der Waals surface area (Å²) in [4.78, 5) is 14.2. The van der Waals surface area contributed by atoms with E-state index >= 15 is 0 Å². The number of urea groups is 1. The zero-order valence-electron chi connectivity index (χ0n) is 14.1. The monoisotopic (exact) mass is 349 g/mol. The molecule has 0 spiro atoms. The Morgan fingerprint density at radius 1 is 1.08 bits per heavy atom. The molecule has 1 atom stereocenters. The van der Waals surface area contributed by atoms with Crippen LogP contribution in [0.3, 0.4) is 0 Å². The van der Waals surface area contributed by atoms with Crippen LogP contribution in [0.4, 0.5) is 19.3 Å². The Kier molecular flexibility index (Phi) is 6.71. The van der Waals surface area contributed by atoms with Gasteiger partial charge in [0.15, 0.2) is 0 Å². The molecule has 2 N–H and O–H groups in total. The molecule has 0 aliphatic heterocycles. The molecule has 7 heteroatoms. The number of anilines is 1. The van der Waals surface area contributed by atoms with Crippen molar-refractivity contribution in [3.8, 4) is 5.75 Å². The molecule has 0 aromatic heterocycles. The molecule has 134 valence electrons. The van der Waals surface area contributed by atoms with E-state index in [1.165, 1.54) is 24.3 Å². The molecular weight excluding hydrogens is 328 g/mol. The number of amides is 2. The van der Waals surface area contributed by atoms with Crippen molar-refractivity contribution in [3.63, 3.8) is 0 Å². The van der Waals surface area contributed by atoms with Gasteiger partial charge in [0.05, 0.1) is 6.04 Å². The molecule has 25 heavy (non-hydrogen) atoms. The average molecular weight is 349 g/mol. The van der Waals surface area contributed by atoms with Crippen molar-refractivity contribution in [1.82, 2.24) is 10.2 Å². The summed E-state index contributed by atoms with van der Waals surface area (Å²) in [7, 11) is 3.86. The van der Waals surface area contributed by atoms with E-state index in [-0.39, 0.29) is 17.8 Å². The van der Waals surface area contributed by atoms with Crippen molar-refractivity contribution in [2.45, 2.75) is 12.7 Å². The highest BCUT2D eigenvalue weighted by molar-refractivity contribution is 5.89. The number of hydrogen-bond donors (Lipinski definition) is 2. The summed E-state index contributed by atoms with van der Waals surface area (Å²) in [5, 5.41) is 5.60. The average Bonchev–Trinajstić information content (AvgIpc) is 2.56. The third-order valence-electron chi connectivity index (χ3n) is 3.39. The first kappa shape index (κ1) is 18.7. The lowest BCUT2D eigenvalue weighted by atomic mass is 10.1. The molecule has 0 heterocycles. The third-order valence-corrected chi connectivity index (χ3v) is 3.39. The second-order valence-corrected chi connectivity index (χ2v) is 5.73. The van der Waals surface area contributed by atoms with E-state index in [0.29, 0.717) is 12.2 Å². The summed E-state index contributed by atoms with van der Waals surface area (Å²) in [6, 6.07) is 14.8. The Morgan fingerprint density at radius 2 is 1.72 bits per heavy atom. The highest BCUT2D eigenvalue weighted by Crippen LogP contribution is 2.18. The van der Waals surface area contributed by atoms with Gasteiger partial charge in [-0.3, -0.25) is 0 Å². The Bertz CT molecular complexity index is 664. The van der Waals surface area contributed by atoms with E-state index in [1.807, 2.05) is 49.3 Å². The van der Waals surface area contributed by atoms with E-state index < -0.39 is 6.61 Å². The highest BCUT2D eigenvalue weighted by Gasteiger charge is 2.15. The number of carbonyl (C=O) groups excluding carboxylic acids is 1. The SMILES string of the molecule is CN(C)C[C@@H](NC(=O)Nc1ccc(OC(F)F)cc1)c1ccccc1. The number of benzene rings is 2. The van der Waals surface area contributed by atoms with Gasteiger partial charge in [-0.05, 0) is 43.9 Å². The number of ether oxygens (including phenoxy) is 1. The Balaban J connectivity index is 1.98. The number of alkyl halides is 2. The van der Waals surface area contributed by atoms with Gasteiger partial charge in [0.25, 0.3) is 0 Å². The number of nitrogens with one attached hydrogen (secondary N) is 2. The number of nitrogens with zero attached hydrogens (tertiary/aromatic N) is 1. The minimum absolute atomic E-state index is 0.0377. The van der Waals surface area contributed by atoms with Gasteiger partial charge in [-0.1, -0.05) is 30.3 Å². The summed E-state index contributed by atoms with van der Waals surface area (Å²) in [6.07, 6.45) is 0. The number of rotatable bonds is 7. The van der Waals surface area contributed by atoms with E-state index in [2.05, 4.69) is 15.4 Å². The van der Waals surface area contributed by atoms with Gasteiger partial charge in [0.2, 0.25) is 0 Å². The summed E-state index contributed by atoms with van der Waals surface area (Å²) < 4.78 is 28.5. The van der Waals surface area contributed by atoms with Crippen LogP contribution in [0.15, 0.2) is 54.6 Å². The summed E-state index contributed by atoms with van der Waals surface area (Å²) in [6.45, 7) is -2.24. The van der Waals surface area contributed by atoms with Crippen molar-refractivity contribution in [3.05, 3.63) is 60.2 Å². The van der Waals surface area contributed by atoms with Crippen LogP contribution in [0.5, 0.6) is 5.75 Å². The largest absolute Gasteiger partial charge is 0.435 e. The number of likely N-dealkylation sites (N-methyl/N-ethyl adjacent to an activating group) is 1.